The molecule has 1 atom stereocenters. The van der Waals surface area contributed by atoms with Crippen LogP contribution in [0.5, 0.6) is 0 Å². The summed E-state index contributed by atoms with van der Waals surface area (Å²) in [4.78, 5) is 12.5. The summed E-state index contributed by atoms with van der Waals surface area (Å²) in [6.07, 6.45) is 0.284. The standard InChI is InChI=1S/C18H21O3P/c1-5-22(20,16-9-7-6-8-10-16)21-18(19)17-12-11-13(2)14(3)15(17)4/h6-12H,5H2,1-4H3. The molecule has 0 saturated carbocycles. The van der Waals surface area contributed by atoms with Gasteiger partial charge in [0.15, 0.2) is 0 Å². The number of hydrogen-bond donors (Lipinski definition) is 0. The minimum Gasteiger partial charge on any atom is -0.405 e. The summed E-state index contributed by atoms with van der Waals surface area (Å²) in [6.45, 7) is 7.63. The second kappa shape index (κ2) is 6.50. The monoisotopic (exact) mass is 316 g/mol. The zero-order chi connectivity index (χ0) is 16.3. The zero-order valence-electron chi connectivity index (χ0n) is 13.4. The summed E-state index contributed by atoms with van der Waals surface area (Å²) < 4.78 is 18.4. The Morgan fingerprint density at radius 3 is 2.23 bits per heavy atom. The average molecular weight is 316 g/mol. The van der Waals surface area contributed by atoms with Crippen LogP contribution in [0.15, 0.2) is 42.5 Å². The van der Waals surface area contributed by atoms with Gasteiger partial charge in [0.2, 0.25) is 0 Å². The molecular formula is C18H21O3P. The quantitative estimate of drug-likeness (QED) is 0.786. The lowest BCUT2D eigenvalue weighted by Gasteiger charge is -2.18. The fourth-order valence-electron chi connectivity index (χ4n) is 2.32. The molecule has 0 N–H and O–H groups in total. The van der Waals surface area contributed by atoms with Gasteiger partial charge in [-0.25, -0.2) is 4.79 Å². The third-order valence-electron chi connectivity index (χ3n) is 4.07. The van der Waals surface area contributed by atoms with Crippen molar-refractivity contribution in [3.05, 3.63) is 64.7 Å². The first-order valence-electron chi connectivity index (χ1n) is 7.34. The largest absolute Gasteiger partial charge is 0.405 e. The van der Waals surface area contributed by atoms with Crippen LogP contribution in [-0.4, -0.2) is 12.1 Å². The number of hydrogen-bond acceptors (Lipinski definition) is 3. The van der Waals surface area contributed by atoms with E-state index in [2.05, 4.69) is 0 Å². The van der Waals surface area contributed by atoms with Gasteiger partial charge < -0.3 is 4.52 Å². The van der Waals surface area contributed by atoms with Crippen LogP contribution in [0, 0.1) is 20.8 Å². The van der Waals surface area contributed by atoms with Gasteiger partial charge in [0.05, 0.1) is 5.56 Å². The lowest BCUT2D eigenvalue weighted by molar-refractivity contribution is 0.0743. The Morgan fingerprint density at radius 2 is 1.64 bits per heavy atom. The van der Waals surface area contributed by atoms with Crippen LogP contribution in [0.25, 0.3) is 0 Å². The molecule has 0 spiro atoms. The Hall–Kier alpha value is -1.86. The third-order valence-corrected chi connectivity index (χ3v) is 6.45. The maximum Gasteiger partial charge on any atom is 0.343 e. The van der Waals surface area contributed by atoms with E-state index >= 15 is 0 Å². The lowest BCUT2D eigenvalue weighted by atomic mass is 9.99. The highest BCUT2D eigenvalue weighted by Gasteiger charge is 2.28. The van der Waals surface area contributed by atoms with E-state index in [0.717, 1.165) is 16.7 Å². The van der Waals surface area contributed by atoms with Crippen LogP contribution < -0.4 is 5.30 Å². The number of carbonyl (C=O) groups is 1. The van der Waals surface area contributed by atoms with E-state index in [1.54, 1.807) is 37.3 Å². The molecule has 0 aliphatic rings. The molecule has 0 aromatic heterocycles. The summed E-state index contributed by atoms with van der Waals surface area (Å²) in [5, 5.41) is 0.576. The highest BCUT2D eigenvalue weighted by atomic mass is 31.2. The highest BCUT2D eigenvalue weighted by molar-refractivity contribution is 7.67. The summed E-state index contributed by atoms with van der Waals surface area (Å²) in [5.74, 6) is -0.519. The fraction of sp³-hybridized carbons (Fsp3) is 0.278. The number of rotatable bonds is 4. The van der Waals surface area contributed by atoms with Crippen LogP contribution in [0.1, 0.15) is 34.0 Å². The van der Waals surface area contributed by atoms with Crippen LogP contribution in [0.3, 0.4) is 0 Å². The highest BCUT2D eigenvalue weighted by Crippen LogP contribution is 2.46. The van der Waals surface area contributed by atoms with Gasteiger partial charge in [0, 0.05) is 11.5 Å². The molecule has 2 aromatic rings. The minimum absolute atomic E-state index is 0.284. The van der Waals surface area contributed by atoms with Gasteiger partial charge in [-0.3, -0.25) is 4.57 Å². The second-order valence-corrected chi connectivity index (χ2v) is 8.06. The lowest BCUT2D eigenvalue weighted by Crippen LogP contribution is -2.14. The van der Waals surface area contributed by atoms with Gasteiger partial charge in [-0.2, -0.15) is 0 Å². The van der Waals surface area contributed by atoms with E-state index in [9.17, 15) is 9.36 Å². The Morgan fingerprint density at radius 1 is 1.00 bits per heavy atom. The molecule has 4 heteroatoms. The summed E-state index contributed by atoms with van der Waals surface area (Å²) >= 11 is 0. The Balaban J connectivity index is 2.35. The smallest absolute Gasteiger partial charge is 0.343 e. The topological polar surface area (TPSA) is 43.4 Å². The van der Waals surface area contributed by atoms with Crippen molar-refractivity contribution < 1.29 is 13.9 Å². The zero-order valence-corrected chi connectivity index (χ0v) is 14.3. The van der Waals surface area contributed by atoms with Crippen molar-refractivity contribution in [1.82, 2.24) is 0 Å². The van der Waals surface area contributed by atoms with Gasteiger partial charge in [-0.1, -0.05) is 31.2 Å². The predicted molar refractivity (Wildman–Crippen MR) is 90.3 cm³/mol. The molecule has 0 heterocycles. The van der Waals surface area contributed by atoms with E-state index in [4.69, 9.17) is 4.52 Å². The van der Waals surface area contributed by atoms with Crippen molar-refractivity contribution in [3.8, 4) is 0 Å². The molecule has 2 rings (SSSR count). The van der Waals surface area contributed by atoms with Crippen LogP contribution in [0.4, 0.5) is 0 Å². The van der Waals surface area contributed by atoms with Crippen LogP contribution in [-0.2, 0) is 9.09 Å². The van der Waals surface area contributed by atoms with Gasteiger partial charge in [-0.05, 0) is 55.7 Å². The van der Waals surface area contributed by atoms with Crippen molar-refractivity contribution in [2.45, 2.75) is 27.7 Å². The maximum absolute atomic E-state index is 13.0. The maximum atomic E-state index is 13.0. The summed E-state index contributed by atoms with van der Waals surface area (Å²) in [6, 6.07) is 12.6. The number of benzene rings is 2. The van der Waals surface area contributed by atoms with E-state index in [1.807, 2.05) is 32.9 Å². The molecule has 0 aliphatic carbocycles. The fourth-order valence-corrected chi connectivity index (χ4v) is 3.91. The van der Waals surface area contributed by atoms with E-state index in [0.29, 0.717) is 10.9 Å². The first-order valence-corrected chi connectivity index (χ1v) is 9.15. The number of aryl methyl sites for hydroxylation is 1. The molecule has 116 valence electrons. The summed E-state index contributed by atoms with van der Waals surface area (Å²) in [5.41, 5.74) is 3.53. The predicted octanol–water partition coefficient (Wildman–Crippen LogP) is 4.39. The molecule has 22 heavy (non-hydrogen) atoms. The van der Waals surface area contributed by atoms with Gasteiger partial charge in [0.1, 0.15) is 0 Å². The van der Waals surface area contributed by atoms with Crippen LogP contribution in [0.2, 0.25) is 0 Å². The SMILES string of the molecule is CCP(=O)(OC(=O)c1ccc(C)c(C)c1C)c1ccccc1. The molecule has 2 aromatic carbocycles. The van der Waals surface area contributed by atoms with E-state index in [1.165, 1.54) is 0 Å². The van der Waals surface area contributed by atoms with Crippen molar-refractivity contribution in [2.24, 2.45) is 0 Å². The van der Waals surface area contributed by atoms with E-state index < -0.39 is 13.3 Å². The average Bonchev–Trinajstić information content (AvgIpc) is 2.53. The normalized spacial score (nSPS) is 13.5. The first kappa shape index (κ1) is 16.5. The molecule has 0 aliphatic heterocycles. The third kappa shape index (κ3) is 3.15. The summed E-state index contributed by atoms with van der Waals surface area (Å²) in [7, 11) is -3.17. The van der Waals surface area contributed by atoms with Gasteiger partial charge in [-0.15, -0.1) is 0 Å². The molecule has 0 saturated heterocycles. The van der Waals surface area contributed by atoms with Crippen molar-refractivity contribution in [2.75, 3.05) is 6.16 Å². The molecular weight excluding hydrogens is 295 g/mol. The molecule has 3 nitrogen and oxygen atoms in total. The molecule has 1 unspecified atom stereocenters. The molecule has 0 amide bonds. The first-order chi connectivity index (χ1) is 10.4. The van der Waals surface area contributed by atoms with Gasteiger partial charge >= 0.3 is 5.97 Å². The van der Waals surface area contributed by atoms with Gasteiger partial charge in [0.25, 0.3) is 7.37 Å². The van der Waals surface area contributed by atoms with Crippen molar-refractivity contribution in [3.63, 3.8) is 0 Å². The van der Waals surface area contributed by atoms with Crippen LogP contribution >= 0.6 is 7.37 Å². The second-order valence-electron chi connectivity index (χ2n) is 5.38. The number of carbonyl (C=O) groups excluding carboxylic acids is 1. The Labute approximate surface area is 131 Å². The molecule has 0 radical (unpaired) electrons. The van der Waals surface area contributed by atoms with E-state index in [-0.39, 0.29) is 6.16 Å². The van der Waals surface area contributed by atoms with Crippen molar-refractivity contribution in [1.29, 1.82) is 0 Å². The van der Waals surface area contributed by atoms with Crippen molar-refractivity contribution >= 4 is 18.6 Å². The Bertz CT molecular complexity index is 735. The minimum atomic E-state index is -3.17. The Kier molecular flexibility index (Phi) is 4.87. The molecule has 0 fully saturated rings. The molecule has 0 bridgehead atoms.